The minimum atomic E-state index is -3.43. The number of sulfone groups is 1. The molecule has 3 rings (SSSR count). The van der Waals surface area contributed by atoms with Gasteiger partial charge in [-0.25, -0.2) is 8.42 Å². The van der Waals surface area contributed by atoms with Crippen LogP contribution in [0.3, 0.4) is 0 Å². The van der Waals surface area contributed by atoms with Crippen molar-refractivity contribution in [2.75, 3.05) is 19.3 Å². The van der Waals surface area contributed by atoms with Gasteiger partial charge in [0.15, 0.2) is 9.84 Å². The van der Waals surface area contributed by atoms with E-state index >= 15 is 0 Å². The van der Waals surface area contributed by atoms with Crippen LogP contribution in [0.5, 0.6) is 0 Å². The quantitative estimate of drug-likeness (QED) is 0.814. The topological polar surface area (TPSA) is 83.6 Å². The Bertz CT molecular complexity index is 950. The first-order valence-electron chi connectivity index (χ1n) is 8.37. The molecule has 0 atom stereocenters. The number of halogens is 1. The maximum Gasteiger partial charge on any atom is 0.255 e. The Balaban J connectivity index is 1.64. The lowest BCUT2D eigenvalue weighted by atomic mass is 10.0. The highest BCUT2D eigenvalue weighted by Crippen LogP contribution is 2.24. The number of thiophene rings is 1. The number of rotatable bonds is 4. The van der Waals surface area contributed by atoms with E-state index in [0.29, 0.717) is 31.5 Å². The van der Waals surface area contributed by atoms with E-state index in [2.05, 4.69) is 5.32 Å². The zero-order chi connectivity index (χ0) is 19.6. The van der Waals surface area contributed by atoms with Crippen molar-refractivity contribution < 1.29 is 18.0 Å². The second-order valence-corrected chi connectivity index (χ2v) is 9.67. The van der Waals surface area contributed by atoms with Gasteiger partial charge in [-0.05, 0) is 42.5 Å². The van der Waals surface area contributed by atoms with Crippen LogP contribution >= 0.6 is 22.9 Å². The van der Waals surface area contributed by atoms with E-state index in [1.165, 1.54) is 29.5 Å². The molecule has 0 bridgehead atoms. The molecule has 0 spiro atoms. The molecule has 9 heteroatoms. The summed E-state index contributed by atoms with van der Waals surface area (Å²) in [6.07, 6.45) is 2.35. The fraction of sp³-hybridized carbons (Fsp3) is 0.333. The van der Waals surface area contributed by atoms with Crippen LogP contribution in [0.2, 0.25) is 5.02 Å². The molecule has 0 unspecified atom stereocenters. The van der Waals surface area contributed by atoms with Gasteiger partial charge in [0.05, 0.1) is 15.5 Å². The van der Waals surface area contributed by atoms with Crippen LogP contribution in [0.15, 0.2) is 39.9 Å². The first-order valence-corrected chi connectivity index (χ1v) is 11.6. The van der Waals surface area contributed by atoms with Gasteiger partial charge in [0, 0.05) is 36.3 Å². The molecule has 2 heterocycles. The van der Waals surface area contributed by atoms with Crippen molar-refractivity contribution in [3.05, 3.63) is 51.2 Å². The Labute approximate surface area is 167 Å². The number of hydrogen-bond acceptors (Lipinski definition) is 5. The van der Waals surface area contributed by atoms with Gasteiger partial charge >= 0.3 is 0 Å². The minimum Gasteiger partial charge on any atom is -0.349 e. The molecule has 144 valence electrons. The number of amides is 2. The Kier molecular flexibility index (Phi) is 5.88. The fourth-order valence-electron chi connectivity index (χ4n) is 2.96. The number of nitrogens with zero attached hydrogens (tertiary/aromatic N) is 1. The molecule has 2 amide bonds. The maximum atomic E-state index is 12.8. The van der Waals surface area contributed by atoms with E-state index in [4.69, 9.17) is 11.6 Å². The normalized spacial score (nSPS) is 15.6. The Morgan fingerprint density at radius 2 is 1.93 bits per heavy atom. The lowest BCUT2D eigenvalue weighted by Crippen LogP contribution is -2.46. The molecule has 27 heavy (non-hydrogen) atoms. The molecule has 1 saturated heterocycles. The minimum absolute atomic E-state index is 0.000671. The molecule has 0 aliphatic carbocycles. The number of likely N-dealkylation sites (tertiary alicyclic amines) is 1. The SMILES string of the molecule is CS(=O)(=O)c1ccc(Cl)c(C(=O)N2CCC(NC(=O)c3ccsc3)CC2)c1. The van der Waals surface area contributed by atoms with Gasteiger partial charge in [0.1, 0.15) is 0 Å². The van der Waals surface area contributed by atoms with Gasteiger partial charge in [-0.3, -0.25) is 9.59 Å². The van der Waals surface area contributed by atoms with E-state index in [-0.39, 0.29) is 33.3 Å². The van der Waals surface area contributed by atoms with Crippen molar-refractivity contribution in [3.8, 4) is 0 Å². The third-order valence-corrected chi connectivity index (χ3v) is 6.62. The average molecular weight is 427 g/mol. The van der Waals surface area contributed by atoms with Crippen molar-refractivity contribution in [1.29, 1.82) is 0 Å². The molecular formula is C18H19ClN2O4S2. The molecule has 0 saturated carbocycles. The molecule has 2 aromatic rings. The van der Waals surface area contributed by atoms with Crippen LogP contribution in [0.25, 0.3) is 0 Å². The van der Waals surface area contributed by atoms with E-state index in [1.54, 1.807) is 16.3 Å². The standard InChI is InChI=1S/C18H19ClN2O4S2/c1-27(24,25)14-2-3-16(19)15(10-14)18(23)21-7-4-13(5-8-21)20-17(22)12-6-9-26-11-12/h2-3,6,9-11,13H,4-5,7-8H2,1H3,(H,20,22). The summed E-state index contributed by atoms with van der Waals surface area (Å²) in [5, 5.41) is 6.86. The molecule has 1 aliphatic rings. The number of hydrogen-bond donors (Lipinski definition) is 1. The third-order valence-electron chi connectivity index (χ3n) is 4.50. The largest absolute Gasteiger partial charge is 0.349 e. The van der Waals surface area contributed by atoms with Crippen molar-refractivity contribution in [1.82, 2.24) is 10.2 Å². The van der Waals surface area contributed by atoms with Gasteiger partial charge in [-0.2, -0.15) is 11.3 Å². The summed E-state index contributed by atoms with van der Waals surface area (Å²) in [6, 6.07) is 5.92. The monoisotopic (exact) mass is 426 g/mol. The number of carbonyl (C=O) groups is 2. The second kappa shape index (κ2) is 8.00. The third kappa shape index (κ3) is 4.69. The summed E-state index contributed by atoms with van der Waals surface area (Å²) in [5.41, 5.74) is 0.822. The summed E-state index contributed by atoms with van der Waals surface area (Å²) >= 11 is 7.58. The Morgan fingerprint density at radius 1 is 1.22 bits per heavy atom. The fourth-order valence-corrected chi connectivity index (χ4v) is 4.44. The second-order valence-electron chi connectivity index (χ2n) is 6.47. The van der Waals surface area contributed by atoms with Crippen LogP contribution in [0, 0.1) is 0 Å². The van der Waals surface area contributed by atoms with Crippen LogP contribution in [0.4, 0.5) is 0 Å². The highest BCUT2D eigenvalue weighted by atomic mass is 35.5. The maximum absolute atomic E-state index is 12.8. The molecule has 6 nitrogen and oxygen atoms in total. The molecule has 1 aliphatic heterocycles. The van der Waals surface area contributed by atoms with Crippen molar-refractivity contribution in [2.24, 2.45) is 0 Å². The van der Waals surface area contributed by atoms with E-state index < -0.39 is 9.84 Å². The number of piperidine rings is 1. The average Bonchev–Trinajstić information content (AvgIpc) is 3.16. The first kappa shape index (κ1) is 19.9. The van der Waals surface area contributed by atoms with Crippen molar-refractivity contribution >= 4 is 44.6 Å². The van der Waals surface area contributed by atoms with Gasteiger partial charge in [-0.1, -0.05) is 11.6 Å². The van der Waals surface area contributed by atoms with Crippen LogP contribution in [-0.4, -0.2) is 50.5 Å². The van der Waals surface area contributed by atoms with Gasteiger partial charge in [-0.15, -0.1) is 0 Å². The summed E-state index contributed by atoms with van der Waals surface area (Å²) < 4.78 is 23.5. The highest BCUT2D eigenvalue weighted by Gasteiger charge is 2.26. The Morgan fingerprint density at radius 3 is 2.52 bits per heavy atom. The zero-order valence-corrected chi connectivity index (χ0v) is 17.0. The van der Waals surface area contributed by atoms with Crippen molar-refractivity contribution in [2.45, 2.75) is 23.8 Å². The molecule has 1 aromatic carbocycles. The number of benzene rings is 1. The lowest BCUT2D eigenvalue weighted by Gasteiger charge is -2.32. The molecule has 1 N–H and O–H groups in total. The Hall–Kier alpha value is -1.90. The van der Waals surface area contributed by atoms with E-state index in [1.807, 2.05) is 5.38 Å². The summed E-state index contributed by atoms with van der Waals surface area (Å²) in [7, 11) is -3.43. The molecule has 1 aromatic heterocycles. The smallest absolute Gasteiger partial charge is 0.255 e. The van der Waals surface area contributed by atoms with E-state index in [0.717, 1.165) is 6.26 Å². The van der Waals surface area contributed by atoms with Crippen LogP contribution in [0.1, 0.15) is 33.6 Å². The van der Waals surface area contributed by atoms with Gasteiger partial charge in [0.25, 0.3) is 11.8 Å². The lowest BCUT2D eigenvalue weighted by molar-refractivity contribution is 0.0698. The van der Waals surface area contributed by atoms with Crippen LogP contribution < -0.4 is 5.32 Å². The predicted molar refractivity (Wildman–Crippen MR) is 105 cm³/mol. The number of nitrogens with one attached hydrogen (secondary N) is 1. The van der Waals surface area contributed by atoms with E-state index in [9.17, 15) is 18.0 Å². The predicted octanol–water partition coefficient (Wildman–Crippen LogP) is 2.84. The first-order chi connectivity index (χ1) is 12.8. The van der Waals surface area contributed by atoms with Gasteiger partial charge in [0.2, 0.25) is 0 Å². The number of carbonyl (C=O) groups excluding carboxylic acids is 2. The van der Waals surface area contributed by atoms with Crippen molar-refractivity contribution in [3.63, 3.8) is 0 Å². The zero-order valence-electron chi connectivity index (χ0n) is 14.6. The molecule has 1 fully saturated rings. The molecular weight excluding hydrogens is 408 g/mol. The summed E-state index contributed by atoms with van der Waals surface area (Å²) in [4.78, 5) is 26.6. The highest BCUT2D eigenvalue weighted by molar-refractivity contribution is 7.90. The van der Waals surface area contributed by atoms with Gasteiger partial charge < -0.3 is 10.2 Å². The van der Waals surface area contributed by atoms with Crippen LogP contribution in [-0.2, 0) is 9.84 Å². The molecule has 0 radical (unpaired) electrons. The summed E-state index contributed by atoms with van der Waals surface area (Å²) in [6.45, 7) is 0.930. The summed E-state index contributed by atoms with van der Waals surface area (Å²) in [5.74, 6) is -0.405.